The van der Waals surface area contributed by atoms with Crippen molar-refractivity contribution in [3.05, 3.63) is 153 Å². The van der Waals surface area contributed by atoms with E-state index in [4.69, 9.17) is 0 Å². The molecule has 3 aliphatic carbocycles. The molecule has 0 bridgehead atoms. The van der Waals surface area contributed by atoms with Gasteiger partial charge in [-0.3, -0.25) is 0 Å². The molecule has 0 amide bonds. The fourth-order valence-corrected chi connectivity index (χ4v) is 10.5. The molecule has 0 heterocycles. The summed E-state index contributed by atoms with van der Waals surface area (Å²) >= 11 is -1.28. The number of benzene rings is 3. The van der Waals surface area contributed by atoms with E-state index >= 15 is 0 Å². The first kappa shape index (κ1) is 32.6. The van der Waals surface area contributed by atoms with E-state index in [0.29, 0.717) is 11.8 Å². The standard InChI is InChI=1S/C26H29.C13H10.2ClH.Zr/c1-16(2)23-15-26(6,17(3)4)25(19-9-7-8-10-19)22-14-20-13-18(5)11-12-21(20)24(22)23;1-3-7-12(8-4-1)11-13-9-5-2-6-10-13;;;/h7-9,11-13,15-17H,10H2,1-6H3;1-10H;2*1H;/q;;;;+2/p-2. The Morgan fingerprint density at radius 1 is 0.786 bits per heavy atom. The van der Waals surface area contributed by atoms with Crippen molar-refractivity contribution in [1.29, 1.82) is 0 Å². The quantitative estimate of drug-likeness (QED) is 0.378. The maximum absolute atomic E-state index is 2.66. The number of rotatable bonds is 6. The molecule has 1 unspecified atom stereocenters. The van der Waals surface area contributed by atoms with E-state index < -0.39 is 22.8 Å². The minimum atomic E-state index is -1.28. The summed E-state index contributed by atoms with van der Waals surface area (Å²) in [6, 6.07) is 29.6. The summed E-state index contributed by atoms with van der Waals surface area (Å²) in [5.41, 5.74) is 11.8. The summed E-state index contributed by atoms with van der Waals surface area (Å²) in [5, 5.41) is 2.94. The SMILES string of the molecule is Cc1ccc2c(c1)=[C]([Zr+2]=[C](c1ccccc1)c1ccccc1)C1=C(C3=CC=CC3)C(C)(C(C)C)C=C(C(C)C)C=21.[Cl-].[Cl-]. The molecule has 6 rings (SSSR count). The molecule has 3 aromatic carbocycles. The topological polar surface area (TPSA) is 0 Å². The van der Waals surface area contributed by atoms with Crippen LogP contribution in [0.15, 0.2) is 125 Å². The second-order valence-electron chi connectivity index (χ2n) is 12.3. The summed E-state index contributed by atoms with van der Waals surface area (Å²) in [7, 11) is 0. The third kappa shape index (κ3) is 5.66. The van der Waals surface area contributed by atoms with Crippen LogP contribution in [0.2, 0.25) is 0 Å². The minimum Gasteiger partial charge on any atom is -1.00 e. The summed E-state index contributed by atoms with van der Waals surface area (Å²) in [6.07, 6.45) is 10.7. The zero-order chi connectivity index (χ0) is 28.0. The van der Waals surface area contributed by atoms with Crippen LogP contribution in [0.4, 0.5) is 0 Å². The molecule has 0 N–H and O–H groups in total. The second-order valence-corrected chi connectivity index (χ2v) is 15.4. The third-order valence-electron chi connectivity index (χ3n) is 9.04. The first-order chi connectivity index (χ1) is 19.3. The van der Waals surface area contributed by atoms with Gasteiger partial charge in [0.05, 0.1) is 0 Å². The Hall–Kier alpha value is -2.31. The van der Waals surface area contributed by atoms with Crippen molar-refractivity contribution in [3.8, 4) is 0 Å². The van der Waals surface area contributed by atoms with Crippen LogP contribution in [-0.2, 0) is 22.8 Å². The maximum Gasteiger partial charge on any atom is -1.00 e. The average molecular weight is 670 g/mol. The van der Waals surface area contributed by atoms with Gasteiger partial charge in [-0.2, -0.15) is 0 Å². The van der Waals surface area contributed by atoms with Crippen molar-refractivity contribution in [2.24, 2.45) is 17.3 Å². The Kier molecular flexibility index (Phi) is 10.2. The summed E-state index contributed by atoms with van der Waals surface area (Å²) in [5.74, 6) is 0.960. The van der Waals surface area contributed by atoms with E-state index in [2.05, 4.69) is 145 Å². The summed E-state index contributed by atoms with van der Waals surface area (Å²) in [4.78, 5) is 0. The van der Waals surface area contributed by atoms with Gasteiger partial charge in [-0.05, 0) is 0 Å². The second kappa shape index (κ2) is 13.1. The predicted octanol–water partition coefficient (Wildman–Crippen LogP) is 2.07. The maximum atomic E-state index is 2.66. The van der Waals surface area contributed by atoms with Gasteiger partial charge in [0.25, 0.3) is 0 Å². The van der Waals surface area contributed by atoms with Crippen molar-refractivity contribution in [2.45, 2.75) is 48.0 Å². The van der Waals surface area contributed by atoms with Crippen LogP contribution >= 0.6 is 0 Å². The third-order valence-corrected chi connectivity index (χ3v) is 13.0. The van der Waals surface area contributed by atoms with E-state index in [0.717, 1.165) is 6.42 Å². The fourth-order valence-electron chi connectivity index (χ4n) is 6.59. The van der Waals surface area contributed by atoms with Gasteiger partial charge >= 0.3 is 253 Å². The molecule has 213 valence electrons. The average Bonchev–Trinajstić information content (AvgIpc) is 3.58. The smallest absolute Gasteiger partial charge is 1.00 e. The van der Waals surface area contributed by atoms with Gasteiger partial charge in [-0.15, -0.1) is 0 Å². The molecule has 0 spiro atoms. The molecule has 42 heavy (non-hydrogen) atoms. The van der Waals surface area contributed by atoms with E-state index in [-0.39, 0.29) is 30.2 Å². The van der Waals surface area contributed by atoms with Crippen molar-refractivity contribution in [3.63, 3.8) is 0 Å². The van der Waals surface area contributed by atoms with E-state index in [1.807, 2.05) is 0 Å². The molecule has 1 atom stereocenters. The Bertz CT molecular complexity index is 1730. The first-order valence-electron chi connectivity index (χ1n) is 14.7. The van der Waals surface area contributed by atoms with E-state index in [1.54, 1.807) is 17.6 Å². The summed E-state index contributed by atoms with van der Waals surface area (Å²) in [6.45, 7) is 14.4. The molecule has 3 aromatic rings. The number of hydrogen-bond acceptors (Lipinski definition) is 0. The molecule has 0 saturated heterocycles. The zero-order valence-electron chi connectivity index (χ0n) is 25.4. The largest absolute Gasteiger partial charge is 1.00 e. The Labute approximate surface area is 275 Å². The number of fused-ring (bicyclic) bond motifs is 2. The molecular weight excluding hydrogens is 631 g/mol. The van der Waals surface area contributed by atoms with Crippen LogP contribution in [0, 0.1) is 24.2 Å². The van der Waals surface area contributed by atoms with Crippen molar-refractivity contribution in [1.82, 2.24) is 0 Å². The van der Waals surface area contributed by atoms with Crippen LogP contribution in [0.5, 0.6) is 0 Å². The van der Waals surface area contributed by atoms with Crippen LogP contribution < -0.4 is 35.3 Å². The molecule has 0 radical (unpaired) electrons. The van der Waals surface area contributed by atoms with Gasteiger partial charge in [-0.1, -0.05) is 0 Å². The number of aryl methyl sites for hydroxylation is 1. The predicted molar refractivity (Wildman–Crippen MR) is 168 cm³/mol. The molecule has 3 heteroatoms. The molecule has 3 aliphatic rings. The van der Waals surface area contributed by atoms with E-state index in [1.165, 1.54) is 43.8 Å². The van der Waals surface area contributed by atoms with Crippen LogP contribution in [-0.4, -0.2) is 3.21 Å². The molecule has 0 aliphatic heterocycles. The van der Waals surface area contributed by atoms with Crippen LogP contribution in [0.3, 0.4) is 0 Å². The summed E-state index contributed by atoms with van der Waals surface area (Å²) < 4.78 is 3.21. The van der Waals surface area contributed by atoms with Gasteiger partial charge in [0, 0.05) is 0 Å². The first-order valence-corrected chi connectivity index (χ1v) is 17.2. The molecule has 0 fully saturated rings. The van der Waals surface area contributed by atoms with Crippen molar-refractivity contribution < 1.29 is 47.6 Å². The molecule has 0 saturated carbocycles. The molecule has 0 aromatic heterocycles. The van der Waals surface area contributed by atoms with Crippen molar-refractivity contribution in [2.75, 3.05) is 0 Å². The fraction of sp³-hybridized carbons (Fsp3) is 0.256. The van der Waals surface area contributed by atoms with E-state index in [9.17, 15) is 0 Å². The van der Waals surface area contributed by atoms with Gasteiger partial charge < -0.3 is 24.8 Å². The van der Waals surface area contributed by atoms with Gasteiger partial charge in [-0.25, -0.2) is 0 Å². The molecular formula is C39H39Cl2Zr. The normalized spacial score (nSPS) is 18.7. The number of halogens is 2. The van der Waals surface area contributed by atoms with Gasteiger partial charge in [0.15, 0.2) is 0 Å². The van der Waals surface area contributed by atoms with Gasteiger partial charge in [0.1, 0.15) is 0 Å². The number of allylic oxidation sites excluding steroid dienone is 8. The molecule has 0 nitrogen and oxygen atoms in total. The van der Waals surface area contributed by atoms with Crippen molar-refractivity contribution >= 4 is 12.1 Å². The monoisotopic (exact) mass is 667 g/mol. The van der Waals surface area contributed by atoms with Crippen LogP contribution in [0.25, 0.3) is 8.85 Å². The Morgan fingerprint density at radius 2 is 1.40 bits per heavy atom. The minimum absolute atomic E-state index is 0. The Morgan fingerprint density at radius 3 is 1.93 bits per heavy atom. The zero-order valence-corrected chi connectivity index (χ0v) is 29.4. The van der Waals surface area contributed by atoms with Gasteiger partial charge in [0.2, 0.25) is 0 Å². The number of hydrogen-bond donors (Lipinski definition) is 0. The van der Waals surface area contributed by atoms with Crippen LogP contribution in [0.1, 0.15) is 57.7 Å². The Balaban J connectivity index is 0.00000202.